The van der Waals surface area contributed by atoms with Gasteiger partial charge in [-0.15, -0.1) is 23.7 Å². The van der Waals surface area contributed by atoms with Crippen molar-refractivity contribution in [1.82, 2.24) is 5.32 Å². The lowest BCUT2D eigenvalue weighted by molar-refractivity contribution is -0.123. The number of thiophene rings is 1. The zero-order chi connectivity index (χ0) is 11.3. The molecule has 1 rings (SSSR count). The van der Waals surface area contributed by atoms with Crippen molar-refractivity contribution < 1.29 is 4.79 Å². The topological polar surface area (TPSA) is 55.1 Å². The number of amides is 1. The highest BCUT2D eigenvalue weighted by Gasteiger charge is 2.17. The van der Waals surface area contributed by atoms with Crippen LogP contribution in [0.5, 0.6) is 0 Å². The van der Waals surface area contributed by atoms with Gasteiger partial charge in [-0.05, 0) is 24.3 Å². The minimum atomic E-state index is -0.390. The quantitative estimate of drug-likeness (QED) is 0.857. The first-order valence-electron chi connectivity index (χ1n) is 5.28. The summed E-state index contributed by atoms with van der Waals surface area (Å²) in [6.45, 7) is 3.97. The second kappa shape index (κ2) is 7.65. The third-order valence-electron chi connectivity index (χ3n) is 2.39. The third-order valence-corrected chi connectivity index (χ3v) is 3.37. The molecule has 0 aromatic carbocycles. The van der Waals surface area contributed by atoms with Crippen LogP contribution in [0.3, 0.4) is 0 Å². The molecule has 16 heavy (non-hydrogen) atoms. The number of hydrogen-bond donors (Lipinski definition) is 2. The van der Waals surface area contributed by atoms with Crippen molar-refractivity contribution in [2.45, 2.75) is 38.8 Å². The summed E-state index contributed by atoms with van der Waals surface area (Å²) in [6, 6.07) is 3.75. The zero-order valence-electron chi connectivity index (χ0n) is 9.60. The smallest absolute Gasteiger partial charge is 0.237 e. The lowest BCUT2D eigenvalue weighted by atomic mass is 10.1. The summed E-state index contributed by atoms with van der Waals surface area (Å²) in [5, 5.41) is 4.98. The minimum Gasteiger partial charge on any atom is -0.347 e. The molecule has 0 fully saturated rings. The monoisotopic (exact) mass is 262 g/mol. The first-order chi connectivity index (χ1) is 7.19. The zero-order valence-corrected chi connectivity index (χ0v) is 11.2. The van der Waals surface area contributed by atoms with E-state index >= 15 is 0 Å². The Labute approximate surface area is 107 Å². The van der Waals surface area contributed by atoms with Crippen LogP contribution in [0, 0.1) is 0 Å². The Hall–Kier alpha value is -0.580. The maximum atomic E-state index is 11.6. The lowest BCUT2D eigenvalue weighted by Gasteiger charge is -2.17. The second-order valence-corrected chi connectivity index (χ2v) is 4.48. The van der Waals surface area contributed by atoms with E-state index in [1.807, 2.05) is 24.4 Å². The number of rotatable bonds is 5. The average Bonchev–Trinajstić information content (AvgIpc) is 2.77. The summed E-state index contributed by atoms with van der Waals surface area (Å²) in [5.74, 6) is -0.0576. The van der Waals surface area contributed by atoms with Crippen molar-refractivity contribution in [3.63, 3.8) is 0 Å². The number of halogens is 1. The predicted octanol–water partition coefficient (Wildman–Crippen LogP) is 2.47. The van der Waals surface area contributed by atoms with Gasteiger partial charge in [0, 0.05) is 4.88 Å². The molecule has 2 atom stereocenters. The molecular weight excluding hydrogens is 244 g/mol. The van der Waals surface area contributed by atoms with Crippen LogP contribution in [0.1, 0.15) is 37.6 Å². The average molecular weight is 263 g/mol. The first kappa shape index (κ1) is 15.4. The molecule has 0 aliphatic rings. The SMILES string of the molecule is CCC(NC(=O)[C@@H](N)CC)c1cccs1.Cl. The van der Waals surface area contributed by atoms with Gasteiger partial charge in [0.15, 0.2) is 0 Å². The minimum absolute atomic E-state index is 0. The van der Waals surface area contributed by atoms with E-state index in [2.05, 4.69) is 12.2 Å². The van der Waals surface area contributed by atoms with Crippen molar-refractivity contribution in [2.24, 2.45) is 5.73 Å². The second-order valence-electron chi connectivity index (χ2n) is 3.50. The van der Waals surface area contributed by atoms with E-state index in [4.69, 9.17) is 5.73 Å². The summed E-state index contributed by atoms with van der Waals surface area (Å²) in [5.41, 5.74) is 5.66. The Bertz CT molecular complexity index is 303. The fraction of sp³-hybridized carbons (Fsp3) is 0.545. The molecule has 0 aliphatic carbocycles. The first-order valence-corrected chi connectivity index (χ1v) is 6.16. The molecule has 0 bridgehead atoms. The van der Waals surface area contributed by atoms with Crippen molar-refractivity contribution in [3.8, 4) is 0 Å². The van der Waals surface area contributed by atoms with Gasteiger partial charge in [0.1, 0.15) is 0 Å². The van der Waals surface area contributed by atoms with Crippen LogP contribution in [0.25, 0.3) is 0 Å². The van der Waals surface area contributed by atoms with E-state index in [0.717, 1.165) is 6.42 Å². The number of nitrogens with two attached hydrogens (primary N) is 1. The largest absolute Gasteiger partial charge is 0.347 e. The van der Waals surface area contributed by atoms with Crippen LogP contribution >= 0.6 is 23.7 Å². The fourth-order valence-electron chi connectivity index (χ4n) is 1.33. The van der Waals surface area contributed by atoms with E-state index in [0.29, 0.717) is 6.42 Å². The Morgan fingerprint density at radius 2 is 2.19 bits per heavy atom. The summed E-state index contributed by atoms with van der Waals surface area (Å²) in [4.78, 5) is 12.8. The summed E-state index contributed by atoms with van der Waals surface area (Å²) in [6.07, 6.45) is 1.56. The van der Waals surface area contributed by atoms with Gasteiger partial charge in [0.05, 0.1) is 12.1 Å². The van der Waals surface area contributed by atoms with Gasteiger partial charge in [-0.25, -0.2) is 0 Å². The summed E-state index contributed by atoms with van der Waals surface area (Å²) in [7, 11) is 0. The molecule has 0 saturated heterocycles. The number of hydrogen-bond acceptors (Lipinski definition) is 3. The number of carbonyl (C=O) groups excluding carboxylic acids is 1. The molecule has 5 heteroatoms. The molecule has 1 aromatic rings. The van der Waals surface area contributed by atoms with Gasteiger partial charge in [0.2, 0.25) is 5.91 Å². The van der Waals surface area contributed by atoms with Crippen LogP contribution in [-0.4, -0.2) is 11.9 Å². The lowest BCUT2D eigenvalue weighted by Crippen LogP contribution is -2.41. The van der Waals surface area contributed by atoms with E-state index < -0.39 is 0 Å². The molecule has 0 spiro atoms. The Balaban J connectivity index is 0.00000225. The van der Waals surface area contributed by atoms with Gasteiger partial charge in [0.25, 0.3) is 0 Å². The molecule has 3 nitrogen and oxygen atoms in total. The summed E-state index contributed by atoms with van der Waals surface area (Å²) >= 11 is 1.66. The Kier molecular flexibility index (Phi) is 7.38. The highest BCUT2D eigenvalue weighted by molar-refractivity contribution is 7.10. The van der Waals surface area contributed by atoms with Gasteiger partial charge in [-0.2, -0.15) is 0 Å². The molecule has 1 unspecified atom stereocenters. The maximum Gasteiger partial charge on any atom is 0.237 e. The Morgan fingerprint density at radius 3 is 2.62 bits per heavy atom. The van der Waals surface area contributed by atoms with Crippen LogP contribution in [0.2, 0.25) is 0 Å². The van der Waals surface area contributed by atoms with Gasteiger partial charge in [-0.1, -0.05) is 19.9 Å². The van der Waals surface area contributed by atoms with Crippen molar-refractivity contribution >= 4 is 29.7 Å². The van der Waals surface area contributed by atoms with Crippen LogP contribution in [0.15, 0.2) is 17.5 Å². The molecule has 0 saturated carbocycles. The van der Waals surface area contributed by atoms with Crippen LogP contribution in [-0.2, 0) is 4.79 Å². The van der Waals surface area contributed by atoms with E-state index in [-0.39, 0.29) is 30.4 Å². The highest BCUT2D eigenvalue weighted by Crippen LogP contribution is 2.21. The number of carbonyl (C=O) groups is 1. The van der Waals surface area contributed by atoms with Gasteiger partial charge < -0.3 is 11.1 Å². The molecule has 3 N–H and O–H groups in total. The van der Waals surface area contributed by atoms with Gasteiger partial charge in [-0.3, -0.25) is 4.79 Å². The standard InChI is InChI=1S/C11H18N2OS.ClH/c1-3-8(12)11(14)13-9(4-2)10-6-5-7-15-10;/h5-9H,3-4,12H2,1-2H3,(H,13,14);1H/t8-,9?;/m0./s1. The van der Waals surface area contributed by atoms with Crippen LogP contribution in [0.4, 0.5) is 0 Å². The van der Waals surface area contributed by atoms with Crippen LogP contribution < -0.4 is 11.1 Å². The van der Waals surface area contributed by atoms with Crippen molar-refractivity contribution in [1.29, 1.82) is 0 Å². The molecule has 0 radical (unpaired) electrons. The number of nitrogens with one attached hydrogen (secondary N) is 1. The van der Waals surface area contributed by atoms with Crippen molar-refractivity contribution in [3.05, 3.63) is 22.4 Å². The summed E-state index contributed by atoms with van der Waals surface area (Å²) < 4.78 is 0. The molecule has 0 aliphatic heterocycles. The molecule has 1 amide bonds. The molecule has 92 valence electrons. The molecule has 1 heterocycles. The van der Waals surface area contributed by atoms with Crippen molar-refractivity contribution in [2.75, 3.05) is 0 Å². The van der Waals surface area contributed by atoms with E-state index in [1.54, 1.807) is 11.3 Å². The van der Waals surface area contributed by atoms with Gasteiger partial charge >= 0.3 is 0 Å². The third kappa shape index (κ3) is 4.12. The van der Waals surface area contributed by atoms with E-state index in [1.165, 1.54) is 4.88 Å². The maximum absolute atomic E-state index is 11.6. The van der Waals surface area contributed by atoms with E-state index in [9.17, 15) is 4.79 Å². The Morgan fingerprint density at radius 1 is 1.50 bits per heavy atom. The molecular formula is C11H19ClN2OS. The highest BCUT2D eigenvalue weighted by atomic mass is 35.5. The fourth-order valence-corrected chi connectivity index (χ4v) is 2.19. The normalized spacial score (nSPS) is 13.7. The predicted molar refractivity (Wildman–Crippen MR) is 71.0 cm³/mol. The molecule has 1 aromatic heterocycles.